The van der Waals surface area contributed by atoms with Crippen LogP contribution in [-0.2, 0) is 0 Å². The molecule has 2 atom stereocenters. The molecule has 192 valence electrons. The Kier molecular flexibility index (Phi) is 7.37. The molecule has 2 saturated carbocycles. The lowest BCUT2D eigenvalue weighted by Gasteiger charge is -2.39. The van der Waals surface area contributed by atoms with Gasteiger partial charge in [-0.1, -0.05) is 19.4 Å². The first-order valence-electron chi connectivity index (χ1n) is 13.6. The summed E-state index contributed by atoms with van der Waals surface area (Å²) < 4.78 is 6.07. The molecule has 0 bridgehead atoms. The van der Waals surface area contributed by atoms with Gasteiger partial charge in [0.15, 0.2) is 0 Å². The van der Waals surface area contributed by atoms with Crippen LogP contribution in [0.5, 0.6) is 5.75 Å². The number of aliphatic hydroxyl groups excluding tert-OH is 1. The molecule has 1 aromatic carbocycles. The van der Waals surface area contributed by atoms with Crippen molar-refractivity contribution >= 4 is 16.8 Å². The van der Waals surface area contributed by atoms with E-state index in [-0.39, 0.29) is 18.1 Å². The summed E-state index contributed by atoms with van der Waals surface area (Å²) in [5, 5.41) is 25.2. The fraction of sp³-hybridized carbons (Fsp3) is 0.679. The van der Waals surface area contributed by atoms with E-state index in [0.717, 1.165) is 68.6 Å². The maximum atomic E-state index is 13.0. The number of nitrogens with zero attached hydrogens (tertiary/aromatic N) is 1. The molecule has 0 spiro atoms. The van der Waals surface area contributed by atoms with Gasteiger partial charge in [-0.15, -0.1) is 0 Å². The van der Waals surface area contributed by atoms with Crippen LogP contribution in [0.3, 0.4) is 0 Å². The van der Waals surface area contributed by atoms with Gasteiger partial charge in [-0.25, -0.2) is 0 Å². The van der Waals surface area contributed by atoms with Gasteiger partial charge in [0.05, 0.1) is 18.3 Å². The van der Waals surface area contributed by atoms with E-state index in [1.54, 1.807) is 0 Å². The van der Waals surface area contributed by atoms with E-state index in [0.29, 0.717) is 30.4 Å². The van der Waals surface area contributed by atoms with E-state index < -0.39 is 5.60 Å². The molecule has 0 unspecified atom stereocenters. The highest BCUT2D eigenvalue weighted by atomic mass is 16.5. The first-order valence-corrected chi connectivity index (χ1v) is 13.6. The Morgan fingerprint density at radius 2 is 2.03 bits per heavy atom. The number of amides is 1. The lowest BCUT2D eigenvalue weighted by atomic mass is 9.80. The summed E-state index contributed by atoms with van der Waals surface area (Å²) in [4.78, 5) is 18.6. The van der Waals surface area contributed by atoms with Gasteiger partial charge < -0.3 is 30.2 Å². The average molecular weight is 484 g/mol. The topological polar surface area (TPSA) is 97.8 Å². The predicted molar refractivity (Wildman–Crippen MR) is 137 cm³/mol. The molecule has 3 fully saturated rings. The van der Waals surface area contributed by atoms with Crippen molar-refractivity contribution in [2.45, 2.75) is 82.5 Å². The Hall–Kier alpha value is -2.09. The van der Waals surface area contributed by atoms with Crippen LogP contribution < -0.4 is 10.1 Å². The number of fused-ring (bicyclic) bond motifs is 1. The van der Waals surface area contributed by atoms with Crippen LogP contribution in [0.15, 0.2) is 24.3 Å². The number of piperidine rings is 1. The van der Waals surface area contributed by atoms with Gasteiger partial charge in [0.2, 0.25) is 0 Å². The minimum atomic E-state index is -0.658. The molecule has 1 saturated heterocycles. The van der Waals surface area contributed by atoms with Crippen molar-refractivity contribution in [3.63, 3.8) is 0 Å². The van der Waals surface area contributed by atoms with Crippen LogP contribution >= 0.6 is 0 Å². The maximum absolute atomic E-state index is 13.0. The molecule has 1 amide bonds. The third-order valence-corrected chi connectivity index (χ3v) is 8.66. The monoisotopic (exact) mass is 483 g/mol. The first kappa shape index (κ1) is 24.6. The molecule has 0 radical (unpaired) electrons. The molecule has 2 aromatic rings. The van der Waals surface area contributed by atoms with Crippen molar-refractivity contribution in [3.05, 3.63) is 30.0 Å². The molecule has 2 aliphatic carbocycles. The lowest BCUT2D eigenvalue weighted by molar-refractivity contribution is -0.0272. The van der Waals surface area contributed by atoms with Crippen molar-refractivity contribution in [1.82, 2.24) is 15.2 Å². The minimum Gasteiger partial charge on any atom is -0.493 e. The Bertz CT molecular complexity index is 1010. The number of aliphatic hydroxyl groups is 2. The van der Waals surface area contributed by atoms with Crippen LogP contribution in [-0.4, -0.2) is 70.0 Å². The summed E-state index contributed by atoms with van der Waals surface area (Å²) in [6.45, 7) is 5.50. The summed E-state index contributed by atoms with van der Waals surface area (Å²) in [6, 6.07) is 7.90. The molecule has 4 N–H and O–H groups in total. The molecular weight excluding hydrogens is 442 g/mol. The minimum absolute atomic E-state index is 0.0775. The molecular formula is C28H41N3O4. The number of hydrogen-bond acceptors (Lipinski definition) is 5. The number of nitrogens with one attached hydrogen (secondary N) is 2. The third-order valence-electron chi connectivity index (χ3n) is 8.66. The van der Waals surface area contributed by atoms with Crippen molar-refractivity contribution in [2.75, 3.05) is 26.2 Å². The van der Waals surface area contributed by atoms with Crippen molar-refractivity contribution in [3.8, 4) is 5.75 Å². The fourth-order valence-corrected chi connectivity index (χ4v) is 5.84. The van der Waals surface area contributed by atoms with Crippen LogP contribution in [0.2, 0.25) is 0 Å². The molecule has 1 aromatic heterocycles. The summed E-state index contributed by atoms with van der Waals surface area (Å²) in [5.74, 6) is 1.69. The quantitative estimate of drug-likeness (QED) is 0.457. The molecule has 7 heteroatoms. The summed E-state index contributed by atoms with van der Waals surface area (Å²) >= 11 is 0. The lowest BCUT2D eigenvalue weighted by Crippen LogP contribution is -2.47. The van der Waals surface area contributed by atoms with E-state index in [1.165, 1.54) is 19.3 Å². The molecule has 1 aliphatic heterocycles. The Morgan fingerprint density at radius 1 is 1.23 bits per heavy atom. The molecule has 5 rings (SSSR count). The van der Waals surface area contributed by atoms with E-state index >= 15 is 0 Å². The summed E-state index contributed by atoms with van der Waals surface area (Å²) in [5.41, 5.74) is 0.815. The molecule has 35 heavy (non-hydrogen) atoms. The van der Waals surface area contributed by atoms with E-state index in [4.69, 9.17) is 4.74 Å². The number of H-pyrrole nitrogens is 1. The third kappa shape index (κ3) is 5.84. The number of carbonyl (C=O) groups excluding carboxylic acids is 1. The average Bonchev–Trinajstić information content (AvgIpc) is 3.26. The van der Waals surface area contributed by atoms with Crippen molar-refractivity contribution in [1.29, 1.82) is 0 Å². The van der Waals surface area contributed by atoms with Crippen molar-refractivity contribution < 1.29 is 19.7 Å². The highest BCUT2D eigenvalue weighted by Crippen LogP contribution is 2.33. The molecule has 7 nitrogen and oxygen atoms in total. The Labute approximate surface area is 208 Å². The highest BCUT2D eigenvalue weighted by molar-refractivity contribution is 5.99. The molecule has 3 aliphatic rings. The smallest absolute Gasteiger partial charge is 0.267 e. The predicted octanol–water partition coefficient (Wildman–Crippen LogP) is 3.84. The maximum Gasteiger partial charge on any atom is 0.267 e. The van der Waals surface area contributed by atoms with Gasteiger partial charge in [-0.05, 0) is 81.4 Å². The largest absolute Gasteiger partial charge is 0.493 e. The van der Waals surface area contributed by atoms with Gasteiger partial charge in [-0.3, -0.25) is 4.79 Å². The number of carbonyl (C=O) groups is 1. The van der Waals surface area contributed by atoms with Crippen molar-refractivity contribution in [2.24, 2.45) is 11.8 Å². The van der Waals surface area contributed by atoms with Gasteiger partial charge in [-0.2, -0.15) is 0 Å². The SMILES string of the molecule is C[C@H]1CN(CC[C@]2(O)CC[C@@H](NC(=O)c3cc4c(OCC5CCC5)cccc4[nH]3)CC2)CC[C@@H]1O. The number of aromatic nitrogens is 1. The number of likely N-dealkylation sites (tertiary alicyclic amines) is 1. The number of rotatable bonds is 8. The number of ether oxygens (including phenoxy) is 1. The summed E-state index contributed by atoms with van der Waals surface area (Å²) in [7, 11) is 0. The van der Waals surface area contributed by atoms with Gasteiger partial charge in [0.1, 0.15) is 11.4 Å². The first-order chi connectivity index (χ1) is 16.9. The summed E-state index contributed by atoms with van der Waals surface area (Å²) in [6.07, 6.45) is 8.14. The Morgan fingerprint density at radius 3 is 2.74 bits per heavy atom. The van der Waals surface area contributed by atoms with Crippen LogP contribution in [0, 0.1) is 11.8 Å². The van der Waals surface area contributed by atoms with E-state index in [1.807, 2.05) is 24.3 Å². The number of hydrogen-bond donors (Lipinski definition) is 4. The second kappa shape index (κ2) is 10.5. The zero-order chi connectivity index (χ0) is 24.4. The number of aromatic amines is 1. The second-order valence-corrected chi connectivity index (χ2v) is 11.4. The zero-order valence-corrected chi connectivity index (χ0v) is 21.0. The van der Waals surface area contributed by atoms with Crippen LogP contribution in [0.25, 0.3) is 10.9 Å². The van der Waals surface area contributed by atoms with E-state index in [9.17, 15) is 15.0 Å². The second-order valence-electron chi connectivity index (χ2n) is 11.4. The highest BCUT2D eigenvalue weighted by Gasteiger charge is 2.35. The van der Waals surface area contributed by atoms with E-state index in [2.05, 4.69) is 22.1 Å². The van der Waals surface area contributed by atoms with Gasteiger partial charge >= 0.3 is 0 Å². The number of benzene rings is 1. The van der Waals surface area contributed by atoms with Gasteiger partial charge in [0.25, 0.3) is 5.91 Å². The van der Waals surface area contributed by atoms with Crippen LogP contribution in [0.4, 0.5) is 0 Å². The van der Waals surface area contributed by atoms with Gasteiger partial charge in [0, 0.05) is 36.6 Å². The molecule has 2 heterocycles. The van der Waals surface area contributed by atoms with Crippen LogP contribution in [0.1, 0.15) is 75.2 Å². The Balaban J connectivity index is 1.11. The normalized spacial score (nSPS) is 30.2. The zero-order valence-electron chi connectivity index (χ0n) is 21.0. The fourth-order valence-electron chi connectivity index (χ4n) is 5.84. The standard InChI is InChI=1S/C28H41N3O4/c1-19-17-31(14-10-25(19)32)15-13-28(34)11-8-21(9-12-28)29-27(33)24-16-22-23(30-24)6-3-7-26(22)35-18-20-4-2-5-20/h3,6-7,16,19-21,25,30,32,34H,2,4-5,8-15,17-18H2,1H3,(H,29,33)/t19-,21-,25-,28+/m0/s1.